The van der Waals surface area contributed by atoms with Crippen LogP contribution in [0.1, 0.15) is 72.0 Å². The van der Waals surface area contributed by atoms with E-state index in [4.69, 9.17) is 9.47 Å². The van der Waals surface area contributed by atoms with Gasteiger partial charge in [0, 0.05) is 11.3 Å². The third-order valence-electron chi connectivity index (χ3n) is 4.96. The topological polar surface area (TPSA) is 107 Å². The minimum atomic E-state index is -2.87. The van der Waals surface area contributed by atoms with Gasteiger partial charge in [-0.25, -0.2) is 27.7 Å². The van der Waals surface area contributed by atoms with Crippen LogP contribution in [0.15, 0.2) is 29.4 Å². The number of hydrogen-bond acceptors (Lipinski definition) is 6. The summed E-state index contributed by atoms with van der Waals surface area (Å²) >= 11 is 0. The fourth-order valence-corrected chi connectivity index (χ4v) is 3.62. The zero-order chi connectivity index (χ0) is 27.1. The van der Waals surface area contributed by atoms with E-state index in [0.717, 1.165) is 12.3 Å². The number of alkyl carbamates (subject to hydrolysis) is 1. The summed E-state index contributed by atoms with van der Waals surface area (Å²) in [6.45, 7) is 11.4. The first-order valence-corrected chi connectivity index (χ1v) is 11.2. The molecule has 1 aliphatic rings. The average molecular weight is 510 g/mol. The Labute approximate surface area is 207 Å². The van der Waals surface area contributed by atoms with Crippen LogP contribution in [0.25, 0.3) is 0 Å². The molecule has 36 heavy (non-hydrogen) atoms. The predicted octanol–water partition coefficient (Wildman–Crippen LogP) is 5.51. The number of halogens is 3. The SMILES string of the molecule is CC(C)(C)OC(=O)NC1=N[C@](C)(c2cc(NC(=O)OC(C)(C)C)ccc2F)Cn2c(C(F)F)cnc21. The highest BCUT2D eigenvalue weighted by atomic mass is 19.3. The molecule has 1 aromatic heterocycles. The van der Waals surface area contributed by atoms with Gasteiger partial charge in [-0.2, -0.15) is 0 Å². The van der Waals surface area contributed by atoms with Gasteiger partial charge in [-0.3, -0.25) is 15.6 Å². The number of aliphatic imine (C=N–C) groups is 1. The molecule has 0 spiro atoms. The number of benzene rings is 1. The lowest BCUT2D eigenvalue weighted by molar-refractivity contribution is 0.0560. The molecule has 0 fully saturated rings. The molecule has 2 aromatic rings. The molecule has 0 aliphatic carbocycles. The molecule has 9 nitrogen and oxygen atoms in total. The summed E-state index contributed by atoms with van der Waals surface area (Å²) in [5.41, 5.74) is -3.25. The van der Waals surface area contributed by atoms with Crippen LogP contribution in [0.3, 0.4) is 0 Å². The van der Waals surface area contributed by atoms with Gasteiger partial charge in [0.1, 0.15) is 28.3 Å². The summed E-state index contributed by atoms with van der Waals surface area (Å²) < 4.78 is 54.2. The summed E-state index contributed by atoms with van der Waals surface area (Å²) in [6.07, 6.45) is -3.52. The number of anilines is 1. The van der Waals surface area contributed by atoms with Crippen LogP contribution in [0.2, 0.25) is 0 Å². The number of carbonyl (C=O) groups excluding carboxylic acids is 2. The number of fused-ring (bicyclic) bond motifs is 1. The van der Waals surface area contributed by atoms with Crippen LogP contribution < -0.4 is 10.6 Å². The van der Waals surface area contributed by atoms with E-state index >= 15 is 4.39 Å². The van der Waals surface area contributed by atoms with Gasteiger partial charge in [0.25, 0.3) is 6.43 Å². The predicted molar refractivity (Wildman–Crippen MR) is 127 cm³/mol. The molecule has 0 unspecified atom stereocenters. The summed E-state index contributed by atoms with van der Waals surface area (Å²) in [5, 5.41) is 4.98. The fraction of sp³-hybridized carbons (Fsp3) is 0.500. The van der Waals surface area contributed by atoms with Gasteiger partial charge in [-0.15, -0.1) is 0 Å². The molecule has 1 aliphatic heterocycles. The number of aromatic nitrogens is 2. The zero-order valence-corrected chi connectivity index (χ0v) is 21.2. The second-order valence-electron chi connectivity index (χ2n) is 10.6. The first kappa shape index (κ1) is 27.0. The first-order valence-electron chi connectivity index (χ1n) is 11.2. The molecule has 0 saturated heterocycles. The monoisotopic (exact) mass is 509 g/mol. The van der Waals surface area contributed by atoms with Crippen LogP contribution in [-0.2, 0) is 21.6 Å². The standard InChI is InChI=1S/C24H30F3N5O4/c1-22(2,3)35-20(33)29-13-8-9-15(25)14(10-13)24(7)12-32-16(17(26)27)11-28-19(32)18(31-24)30-21(34)36-23(4,5)6/h8-11,17H,12H2,1-7H3,(H,29,33)(H,30,31,34)/t24-/m0/s1. The lowest BCUT2D eigenvalue weighted by Crippen LogP contribution is -2.44. The molecule has 3 rings (SSSR count). The van der Waals surface area contributed by atoms with E-state index in [1.165, 1.54) is 23.6 Å². The molecule has 196 valence electrons. The molecule has 2 amide bonds. The van der Waals surface area contributed by atoms with Crippen LogP contribution in [0, 0.1) is 5.82 Å². The number of nitrogens with one attached hydrogen (secondary N) is 2. The van der Waals surface area contributed by atoms with E-state index in [0.29, 0.717) is 0 Å². The number of amides is 2. The normalized spacial score (nSPS) is 17.8. The van der Waals surface area contributed by atoms with Gasteiger partial charge in [0.15, 0.2) is 11.7 Å². The van der Waals surface area contributed by atoms with Crippen molar-refractivity contribution in [3.8, 4) is 0 Å². The molecule has 0 saturated carbocycles. The molecule has 2 N–H and O–H groups in total. The van der Waals surface area contributed by atoms with Crippen molar-refractivity contribution >= 4 is 23.7 Å². The number of ether oxygens (including phenoxy) is 2. The van der Waals surface area contributed by atoms with Gasteiger partial charge in [0.2, 0.25) is 0 Å². The second kappa shape index (κ2) is 9.47. The van der Waals surface area contributed by atoms with Crippen molar-refractivity contribution in [1.82, 2.24) is 14.9 Å². The number of nitrogens with zero attached hydrogens (tertiary/aromatic N) is 3. The Hall–Kier alpha value is -3.57. The van der Waals surface area contributed by atoms with Crippen molar-refractivity contribution in [2.45, 2.75) is 78.2 Å². The highest BCUT2D eigenvalue weighted by molar-refractivity contribution is 6.05. The Kier molecular flexibility index (Phi) is 7.11. The van der Waals surface area contributed by atoms with Crippen LogP contribution in [0.5, 0.6) is 0 Å². The van der Waals surface area contributed by atoms with Crippen molar-refractivity contribution in [2.75, 3.05) is 5.32 Å². The van der Waals surface area contributed by atoms with Crippen molar-refractivity contribution in [3.05, 3.63) is 47.3 Å². The highest BCUT2D eigenvalue weighted by Gasteiger charge is 2.39. The smallest absolute Gasteiger partial charge is 0.413 e. The van der Waals surface area contributed by atoms with E-state index in [1.54, 1.807) is 41.5 Å². The van der Waals surface area contributed by atoms with E-state index in [9.17, 15) is 18.4 Å². The van der Waals surface area contributed by atoms with Crippen LogP contribution >= 0.6 is 0 Å². The molecule has 12 heteroatoms. The zero-order valence-electron chi connectivity index (χ0n) is 21.2. The minimum absolute atomic E-state index is 0.000821. The molecule has 1 aromatic carbocycles. The molecule has 2 heterocycles. The third-order valence-corrected chi connectivity index (χ3v) is 4.96. The third kappa shape index (κ3) is 6.35. The lowest BCUT2D eigenvalue weighted by Gasteiger charge is -2.33. The molecular weight excluding hydrogens is 479 g/mol. The van der Waals surface area contributed by atoms with Gasteiger partial charge in [0.05, 0.1) is 12.7 Å². The largest absolute Gasteiger partial charge is 0.444 e. The maximum absolute atomic E-state index is 15.1. The van der Waals surface area contributed by atoms with E-state index in [2.05, 4.69) is 20.6 Å². The summed E-state index contributed by atoms with van der Waals surface area (Å²) in [4.78, 5) is 33.1. The number of amidine groups is 1. The Balaban J connectivity index is 2.04. The number of alkyl halides is 2. The molecule has 1 atom stereocenters. The van der Waals surface area contributed by atoms with Crippen LogP contribution in [-0.4, -0.2) is 38.8 Å². The second-order valence-corrected chi connectivity index (χ2v) is 10.6. The summed E-state index contributed by atoms with van der Waals surface area (Å²) in [5.74, 6) is -0.860. The van der Waals surface area contributed by atoms with E-state index in [-0.39, 0.29) is 29.5 Å². The summed E-state index contributed by atoms with van der Waals surface area (Å²) in [7, 11) is 0. The maximum Gasteiger partial charge on any atom is 0.413 e. The average Bonchev–Trinajstić information content (AvgIpc) is 3.10. The fourth-order valence-electron chi connectivity index (χ4n) is 3.62. The van der Waals surface area contributed by atoms with Crippen molar-refractivity contribution in [2.24, 2.45) is 4.99 Å². The Morgan fingerprint density at radius 1 is 1.06 bits per heavy atom. The van der Waals surface area contributed by atoms with Crippen LogP contribution in [0.4, 0.5) is 28.4 Å². The Morgan fingerprint density at radius 3 is 2.19 bits per heavy atom. The quantitative estimate of drug-likeness (QED) is 0.568. The summed E-state index contributed by atoms with van der Waals surface area (Å²) in [6, 6.07) is 3.81. The van der Waals surface area contributed by atoms with E-state index < -0.39 is 46.9 Å². The maximum atomic E-state index is 15.1. The van der Waals surface area contributed by atoms with Crippen molar-refractivity contribution in [3.63, 3.8) is 0 Å². The molecule has 0 bridgehead atoms. The van der Waals surface area contributed by atoms with Gasteiger partial charge < -0.3 is 14.0 Å². The van der Waals surface area contributed by atoms with Gasteiger partial charge in [-0.05, 0) is 66.7 Å². The Morgan fingerprint density at radius 2 is 1.64 bits per heavy atom. The van der Waals surface area contributed by atoms with Crippen molar-refractivity contribution in [1.29, 1.82) is 0 Å². The molecular formula is C24H30F3N5O4. The Bertz CT molecular complexity index is 1200. The molecule has 0 radical (unpaired) electrons. The van der Waals surface area contributed by atoms with E-state index in [1.807, 2.05) is 0 Å². The number of hydrogen-bond donors (Lipinski definition) is 2. The highest BCUT2D eigenvalue weighted by Crippen LogP contribution is 2.37. The number of imidazole rings is 1. The number of carbonyl (C=O) groups is 2. The first-order chi connectivity index (χ1) is 16.5. The van der Waals surface area contributed by atoms with Gasteiger partial charge >= 0.3 is 12.2 Å². The van der Waals surface area contributed by atoms with Gasteiger partial charge in [-0.1, -0.05) is 0 Å². The minimum Gasteiger partial charge on any atom is -0.444 e. The van der Waals surface area contributed by atoms with Crippen molar-refractivity contribution < 1.29 is 32.2 Å². The lowest BCUT2D eigenvalue weighted by atomic mass is 9.90. The number of rotatable bonds is 3.